The Labute approximate surface area is 204 Å². The Hall–Kier alpha value is -3.60. The summed E-state index contributed by atoms with van der Waals surface area (Å²) in [7, 11) is 2.15. The van der Waals surface area contributed by atoms with E-state index in [0.717, 1.165) is 0 Å². The van der Waals surface area contributed by atoms with Crippen molar-refractivity contribution in [1.82, 2.24) is 4.57 Å². The largest absolute Gasteiger partial charge is 0.309 e. The van der Waals surface area contributed by atoms with E-state index in [2.05, 4.69) is 109 Å². The van der Waals surface area contributed by atoms with Crippen LogP contribution in [0.2, 0.25) is 0 Å². The highest BCUT2D eigenvalue weighted by atomic mass is 32.1. The molecule has 3 heterocycles. The van der Waals surface area contributed by atoms with Crippen LogP contribution < -0.4 is 5.46 Å². The van der Waals surface area contributed by atoms with Crippen molar-refractivity contribution in [3.8, 4) is 5.69 Å². The van der Waals surface area contributed by atoms with Gasteiger partial charge < -0.3 is 4.57 Å². The van der Waals surface area contributed by atoms with E-state index in [0.29, 0.717) is 0 Å². The molecule has 8 rings (SSSR count). The molecule has 3 aromatic heterocycles. The SMILES string of the molecule is Bc1ccc(-n2c3ccccc3c3c4sc5ccccc5c4c4sc5ccccc5c4c32)cc1. The highest BCUT2D eigenvalue weighted by molar-refractivity contribution is 7.30. The predicted molar refractivity (Wildman–Crippen MR) is 155 cm³/mol. The molecule has 0 unspecified atom stereocenters. The van der Waals surface area contributed by atoms with Crippen molar-refractivity contribution in [1.29, 1.82) is 0 Å². The van der Waals surface area contributed by atoms with Crippen LogP contribution in [0.1, 0.15) is 0 Å². The third kappa shape index (κ3) is 2.34. The smallest absolute Gasteiger partial charge is 0.139 e. The van der Waals surface area contributed by atoms with Crippen LogP contribution in [0.25, 0.3) is 67.8 Å². The molecule has 0 saturated carbocycles. The molecular weight excluding hydrogens is 449 g/mol. The summed E-state index contributed by atoms with van der Waals surface area (Å²) in [4.78, 5) is 0. The second kappa shape index (κ2) is 6.72. The summed E-state index contributed by atoms with van der Waals surface area (Å²) in [5.41, 5.74) is 5.09. The average molecular weight is 467 g/mol. The van der Waals surface area contributed by atoms with E-state index >= 15 is 0 Å². The first kappa shape index (κ1) is 18.8. The zero-order valence-electron chi connectivity index (χ0n) is 18.5. The van der Waals surface area contributed by atoms with Gasteiger partial charge in [-0.2, -0.15) is 0 Å². The lowest BCUT2D eigenvalue weighted by Gasteiger charge is -2.10. The van der Waals surface area contributed by atoms with E-state index in [1.165, 1.54) is 73.3 Å². The van der Waals surface area contributed by atoms with Crippen LogP contribution >= 0.6 is 22.7 Å². The third-order valence-electron chi connectivity index (χ3n) is 7.05. The molecule has 5 aromatic carbocycles. The van der Waals surface area contributed by atoms with Gasteiger partial charge in [0.15, 0.2) is 0 Å². The lowest BCUT2D eigenvalue weighted by Crippen LogP contribution is -2.02. The molecule has 0 amide bonds. The zero-order chi connectivity index (χ0) is 22.4. The van der Waals surface area contributed by atoms with Gasteiger partial charge in [0.1, 0.15) is 7.85 Å². The van der Waals surface area contributed by atoms with Crippen LogP contribution in [-0.4, -0.2) is 12.4 Å². The molecule has 0 N–H and O–H groups in total. The van der Waals surface area contributed by atoms with Gasteiger partial charge in [-0.15, -0.1) is 22.7 Å². The summed E-state index contributed by atoms with van der Waals surface area (Å²) in [6.45, 7) is 0. The van der Waals surface area contributed by atoms with Crippen molar-refractivity contribution in [2.45, 2.75) is 0 Å². The second-order valence-electron chi connectivity index (χ2n) is 9.02. The van der Waals surface area contributed by atoms with Gasteiger partial charge in [-0.25, -0.2) is 0 Å². The highest BCUT2D eigenvalue weighted by Gasteiger charge is 2.23. The Morgan fingerprint density at radius 1 is 0.529 bits per heavy atom. The predicted octanol–water partition coefficient (Wildman–Crippen LogP) is 7.78. The number of para-hydroxylation sites is 1. The Kier molecular flexibility index (Phi) is 3.72. The molecule has 0 aliphatic rings. The Morgan fingerprint density at radius 3 is 1.74 bits per heavy atom. The lowest BCUT2D eigenvalue weighted by molar-refractivity contribution is 1.19. The molecule has 158 valence electrons. The Bertz CT molecular complexity index is 2040. The third-order valence-corrected chi connectivity index (χ3v) is 9.43. The van der Waals surface area contributed by atoms with Gasteiger partial charge in [0.25, 0.3) is 0 Å². The minimum absolute atomic E-state index is 1.22. The molecule has 0 aliphatic heterocycles. The fourth-order valence-electron chi connectivity index (χ4n) is 5.57. The molecule has 0 atom stereocenters. The second-order valence-corrected chi connectivity index (χ2v) is 11.1. The fraction of sp³-hybridized carbons (Fsp3) is 0. The number of hydrogen-bond acceptors (Lipinski definition) is 2. The van der Waals surface area contributed by atoms with Crippen molar-refractivity contribution in [3.63, 3.8) is 0 Å². The number of benzene rings is 5. The topological polar surface area (TPSA) is 4.93 Å². The van der Waals surface area contributed by atoms with Gasteiger partial charge in [0.05, 0.1) is 11.0 Å². The first-order valence-electron chi connectivity index (χ1n) is 11.5. The number of nitrogens with zero attached hydrogens (tertiary/aromatic N) is 1. The van der Waals surface area contributed by atoms with E-state index in [4.69, 9.17) is 0 Å². The summed E-state index contributed by atoms with van der Waals surface area (Å²) in [5, 5.41) is 8.21. The maximum Gasteiger partial charge on any atom is 0.139 e. The molecule has 0 bridgehead atoms. The summed E-state index contributed by atoms with van der Waals surface area (Å²) in [6.07, 6.45) is 0. The van der Waals surface area contributed by atoms with Crippen LogP contribution in [-0.2, 0) is 0 Å². The molecule has 0 aliphatic carbocycles. The zero-order valence-corrected chi connectivity index (χ0v) is 20.1. The van der Waals surface area contributed by atoms with Crippen LogP contribution in [0.4, 0.5) is 0 Å². The van der Waals surface area contributed by atoms with Crippen molar-refractivity contribution < 1.29 is 0 Å². The average Bonchev–Trinajstić information content (AvgIpc) is 3.54. The van der Waals surface area contributed by atoms with Crippen LogP contribution in [0, 0.1) is 0 Å². The molecule has 4 heteroatoms. The van der Waals surface area contributed by atoms with E-state index in [1.54, 1.807) is 0 Å². The van der Waals surface area contributed by atoms with Gasteiger partial charge >= 0.3 is 0 Å². The molecule has 8 aromatic rings. The van der Waals surface area contributed by atoms with Gasteiger partial charge in [-0.3, -0.25) is 0 Å². The molecule has 0 fully saturated rings. The summed E-state index contributed by atoms with van der Waals surface area (Å²) >= 11 is 3.87. The number of fused-ring (bicyclic) bond motifs is 12. The van der Waals surface area contributed by atoms with Crippen molar-refractivity contribution in [2.75, 3.05) is 0 Å². The monoisotopic (exact) mass is 467 g/mol. The maximum absolute atomic E-state index is 2.50. The normalized spacial score (nSPS) is 12.2. The summed E-state index contributed by atoms with van der Waals surface area (Å²) < 4.78 is 8.00. The Balaban J connectivity index is 1.77. The van der Waals surface area contributed by atoms with Crippen LogP contribution in [0.3, 0.4) is 0 Å². The van der Waals surface area contributed by atoms with Crippen molar-refractivity contribution >= 4 is 98.1 Å². The molecule has 34 heavy (non-hydrogen) atoms. The van der Waals surface area contributed by atoms with E-state index in [9.17, 15) is 0 Å². The van der Waals surface area contributed by atoms with Crippen LogP contribution in [0.5, 0.6) is 0 Å². The standard InChI is InChI=1S/C30H18BNS2/c31-17-13-15-18(16-14-17)32-22-10-4-1-7-19(22)25-28(32)26-20-8-2-5-11-23(20)33-30(26)27-21-9-3-6-12-24(21)34-29(25)27/h1-16H,31H2. The minimum atomic E-state index is 1.22. The van der Waals surface area contributed by atoms with E-state index < -0.39 is 0 Å². The minimum Gasteiger partial charge on any atom is -0.309 e. The number of aromatic nitrogens is 1. The van der Waals surface area contributed by atoms with Gasteiger partial charge in [0.2, 0.25) is 0 Å². The maximum atomic E-state index is 2.50. The molecule has 0 spiro atoms. The number of thiophene rings is 2. The lowest BCUT2D eigenvalue weighted by atomic mass is 9.96. The number of hydrogen-bond donors (Lipinski definition) is 0. The number of rotatable bonds is 1. The highest BCUT2D eigenvalue weighted by Crippen LogP contribution is 2.51. The van der Waals surface area contributed by atoms with Crippen molar-refractivity contribution in [2.24, 2.45) is 0 Å². The van der Waals surface area contributed by atoms with Gasteiger partial charge in [-0.05, 0) is 30.3 Å². The quantitative estimate of drug-likeness (QED) is 0.217. The summed E-state index contributed by atoms with van der Waals surface area (Å²) in [5.74, 6) is 0. The molecular formula is C30H18BNS2. The van der Waals surface area contributed by atoms with Crippen molar-refractivity contribution in [3.05, 3.63) is 97.1 Å². The molecule has 0 radical (unpaired) electrons. The first-order valence-corrected chi connectivity index (χ1v) is 13.2. The molecule has 0 saturated heterocycles. The fourth-order valence-corrected chi connectivity index (χ4v) is 8.18. The van der Waals surface area contributed by atoms with Crippen LogP contribution in [0.15, 0.2) is 97.1 Å². The van der Waals surface area contributed by atoms with Gasteiger partial charge in [0, 0.05) is 56.8 Å². The molecule has 1 nitrogen and oxygen atoms in total. The Morgan fingerprint density at radius 2 is 1.06 bits per heavy atom. The summed E-state index contributed by atoms with van der Waals surface area (Å²) in [6, 6.07) is 35.7. The first-order chi connectivity index (χ1) is 16.8. The van der Waals surface area contributed by atoms with Gasteiger partial charge in [-0.1, -0.05) is 72.2 Å². The van der Waals surface area contributed by atoms with E-state index in [-0.39, 0.29) is 0 Å². The van der Waals surface area contributed by atoms with E-state index in [1.807, 2.05) is 22.7 Å².